The van der Waals surface area contributed by atoms with Gasteiger partial charge in [0, 0.05) is 16.0 Å². The van der Waals surface area contributed by atoms with Crippen LogP contribution in [-0.2, 0) is 0 Å². The zero-order valence-electron chi connectivity index (χ0n) is 19.8. The third-order valence-corrected chi connectivity index (χ3v) is 11.9. The summed E-state index contributed by atoms with van der Waals surface area (Å²) < 4.78 is 11.7. The van der Waals surface area contributed by atoms with Crippen LogP contribution in [0.25, 0.3) is 0 Å². The first-order valence-corrected chi connectivity index (χ1v) is 13.8. The van der Waals surface area contributed by atoms with Crippen LogP contribution >= 0.6 is 15.8 Å². The summed E-state index contributed by atoms with van der Waals surface area (Å²) in [5.41, 5.74) is 0. The Labute approximate surface area is 208 Å². The molecule has 2 unspecified atom stereocenters. The Morgan fingerprint density at radius 3 is 1.21 bits per heavy atom. The van der Waals surface area contributed by atoms with Crippen LogP contribution in [0.1, 0.15) is 6.92 Å². The summed E-state index contributed by atoms with van der Waals surface area (Å²) >= 11 is 0. The van der Waals surface area contributed by atoms with Gasteiger partial charge in [0.2, 0.25) is 0 Å². The van der Waals surface area contributed by atoms with Crippen molar-refractivity contribution >= 4 is 51.5 Å². The van der Waals surface area contributed by atoms with Gasteiger partial charge in [0.15, 0.2) is 0 Å². The average molecular weight is 480 g/mol. The third-order valence-electron chi connectivity index (χ3n) is 5.51. The van der Waals surface area contributed by atoms with Crippen LogP contribution in [0.3, 0.4) is 0 Å². The number of hydrogen-bond acceptors (Lipinski definition) is 2. The Bertz CT molecular complexity index is 1100. The quantitative estimate of drug-likeness (QED) is 0.265. The van der Waals surface area contributed by atoms with E-state index in [4.69, 9.17) is 9.47 Å². The molecule has 0 aliphatic rings. The van der Waals surface area contributed by atoms with Crippen LogP contribution in [-0.4, -0.2) is 34.0 Å². The van der Waals surface area contributed by atoms with Gasteiger partial charge in [-0.25, -0.2) is 0 Å². The van der Waals surface area contributed by atoms with Gasteiger partial charge in [-0.3, -0.25) is 0 Å². The molecular weight excluding hydrogens is 452 g/mol. The Kier molecular flexibility index (Phi) is 10.3. The Morgan fingerprint density at radius 2 is 0.853 bits per heavy atom. The van der Waals surface area contributed by atoms with Crippen molar-refractivity contribution in [3.05, 3.63) is 109 Å². The van der Waals surface area contributed by atoms with Gasteiger partial charge in [-0.15, -0.1) is 0 Å². The zero-order valence-corrected chi connectivity index (χ0v) is 21.6. The molecule has 0 radical (unpaired) electrons. The SMILES string of the molecule is B#B.COc1ccccc1P(c1ccccc1)C(C)P(c1ccccc1)c1ccccc1OC. The van der Waals surface area contributed by atoms with Crippen LogP contribution < -0.4 is 30.7 Å². The number of ether oxygens (including phenoxy) is 2. The van der Waals surface area contributed by atoms with Gasteiger partial charge < -0.3 is 9.47 Å². The second kappa shape index (κ2) is 13.4. The minimum atomic E-state index is -0.694. The Hall–Kier alpha value is -2.53. The molecule has 2 atom stereocenters. The first-order chi connectivity index (χ1) is 16.7. The van der Waals surface area contributed by atoms with Crippen molar-refractivity contribution in [1.82, 2.24) is 0 Å². The number of benzene rings is 4. The van der Waals surface area contributed by atoms with E-state index >= 15 is 0 Å². The van der Waals surface area contributed by atoms with Crippen LogP contribution in [0.5, 0.6) is 11.5 Å². The summed E-state index contributed by atoms with van der Waals surface area (Å²) in [6.07, 6.45) is 0. The minimum absolute atomic E-state index is 0.359. The summed E-state index contributed by atoms with van der Waals surface area (Å²) in [5.74, 6) is 1.91. The summed E-state index contributed by atoms with van der Waals surface area (Å²) in [7, 11) is 10.1. The first kappa shape index (κ1) is 26.1. The predicted octanol–water partition coefficient (Wildman–Crippen LogP) is 4.85. The maximum Gasteiger partial charge on any atom is 0.126 e. The molecule has 0 fully saturated rings. The van der Waals surface area contributed by atoms with Gasteiger partial charge in [-0.1, -0.05) is 104 Å². The van der Waals surface area contributed by atoms with Gasteiger partial charge in [-0.2, -0.15) is 0 Å². The number of methoxy groups -OCH3 is 2. The fraction of sp³-hybridized carbons (Fsp3) is 0.143. The van der Waals surface area contributed by atoms with E-state index in [0.717, 1.165) is 11.5 Å². The van der Waals surface area contributed by atoms with Crippen molar-refractivity contribution in [3.8, 4) is 11.5 Å². The predicted molar refractivity (Wildman–Crippen MR) is 152 cm³/mol. The minimum Gasteiger partial charge on any atom is -0.496 e. The summed E-state index contributed by atoms with van der Waals surface area (Å²) in [6, 6.07) is 38.7. The largest absolute Gasteiger partial charge is 0.496 e. The van der Waals surface area contributed by atoms with Gasteiger partial charge in [-0.05, 0) is 38.6 Å². The third kappa shape index (κ3) is 5.93. The molecule has 0 aliphatic carbocycles. The molecule has 6 heteroatoms. The zero-order chi connectivity index (χ0) is 24.3. The van der Waals surface area contributed by atoms with Gasteiger partial charge in [0.1, 0.15) is 11.5 Å². The van der Waals surface area contributed by atoms with Crippen LogP contribution in [0.15, 0.2) is 109 Å². The normalized spacial score (nSPS) is 13.1. The standard InChI is InChI=1S/C28H28O2P2.B2/c1-22(31(23-14-6-4-7-15-23)27-20-12-10-18-25(27)29-2)32(24-16-8-5-9-17-24)28-21-13-11-19-26(28)30-3;1-2/h4-22H,1-3H3;. The Balaban J connectivity index is 0.00000158. The van der Waals surface area contributed by atoms with Crippen LogP contribution in [0.2, 0.25) is 0 Å². The second-order valence-electron chi connectivity index (χ2n) is 7.39. The Morgan fingerprint density at radius 1 is 0.529 bits per heavy atom. The van der Waals surface area contributed by atoms with Crippen molar-refractivity contribution in [2.45, 2.75) is 12.3 Å². The maximum atomic E-state index is 5.83. The number of hydrogen-bond donors (Lipinski definition) is 0. The van der Waals surface area contributed by atoms with E-state index in [1.54, 1.807) is 14.2 Å². The molecule has 34 heavy (non-hydrogen) atoms. The number of para-hydroxylation sites is 2. The second-order valence-corrected chi connectivity index (χ2v) is 12.8. The topological polar surface area (TPSA) is 18.5 Å². The van der Waals surface area contributed by atoms with Crippen molar-refractivity contribution in [1.29, 1.82) is 0 Å². The molecule has 4 rings (SSSR count). The van der Waals surface area contributed by atoms with Gasteiger partial charge in [0.25, 0.3) is 0 Å². The first-order valence-electron chi connectivity index (χ1n) is 11.0. The fourth-order valence-electron chi connectivity index (χ4n) is 4.06. The summed E-state index contributed by atoms with van der Waals surface area (Å²) in [4.78, 5) is 0. The molecule has 0 heterocycles. The van der Waals surface area contributed by atoms with E-state index in [0.29, 0.717) is 5.40 Å². The molecule has 0 saturated carbocycles. The van der Waals surface area contributed by atoms with Gasteiger partial charge >= 0.3 is 14.4 Å². The number of rotatable bonds is 8. The van der Waals surface area contributed by atoms with Crippen molar-refractivity contribution < 1.29 is 9.47 Å². The van der Waals surface area contributed by atoms with E-state index in [9.17, 15) is 0 Å². The van der Waals surface area contributed by atoms with Crippen LogP contribution in [0.4, 0.5) is 0 Å². The molecule has 0 N–H and O–H groups in total. The molecule has 4 aromatic carbocycles. The van der Waals surface area contributed by atoms with E-state index in [2.05, 4.69) is 118 Å². The molecule has 0 amide bonds. The molecule has 0 aromatic heterocycles. The molecule has 0 bridgehead atoms. The summed E-state index contributed by atoms with van der Waals surface area (Å²) in [6.45, 7) is 2.40. The van der Waals surface area contributed by atoms with E-state index in [1.165, 1.54) is 21.2 Å². The van der Waals surface area contributed by atoms with E-state index in [-0.39, 0.29) is 0 Å². The molecule has 0 saturated heterocycles. The molecule has 2 nitrogen and oxygen atoms in total. The van der Waals surface area contributed by atoms with E-state index < -0.39 is 15.8 Å². The van der Waals surface area contributed by atoms with Gasteiger partial charge in [0.05, 0.1) is 14.2 Å². The summed E-state index contributed by atoms with van der Waals surface area (Å²) in [5, 5.41) is 5.64. The fourth-order valence-corrected chi connectivity index (χ4v) is 11.0. The van der Waals surface area contributed by atoms with E-state index in [1.807, 2.05) is 12.1 Å². The van der Waals surface area contributed by atoms with Crippen molar-refractivity contribution in [2.75, 3.05) is 14.2 Å². The van der Waals surface area contributed by atoms with Crippen molar-refractivity contribution in [2.24, 2.45) is 0 Å². The average Bonchev–Trinajstić information content (AvgIpc) is 2.92. The molecular formula is C28H28B2O2P2. The maximum absolute atomic E-state index is 5.83. The molecule has 0 spiro atoms. The smallest absolute Gasteiger partial charge is 0.126 e. The monoisotopic (exact) mass is 480 g/mol. The van der Waals surface area contributed by atoms with Crippen molar-refractivity contribution in [3.63, 3.8) is 0 Å². The molecule has 4 aromatic rings. The molecule has 0 aliphatic heterocycles. The van der Waals surface area contributed by atoms with Crippen LogP contribution in [0, 0.1) is 0 Å². The molecule has 168 valence electrons.